The summed E-state index contributed by atoms with van der Waals surface area (Å²) < 4.78 is 12.8. The molecule has 0 amide bonds. The van der Waals surface area contributed by atoms with Crippen molar-refractivity contribution in [2.45, 2.75) is 19.4 Å². The average molecular weight is 440 g/mol. The van der Waals surface area contributed by atoms with Crippen LogP contribution in [0.1, 0.15) is 16.7 Å². The molecule has 0 unspecified atom stereocenters. The van der Waals surface area contributed by atoms with E-state index in [0.717, 1.165) is 22.3 Å². The van der Waals surface area contributed by atoms with Crippen LogP contribution in [0.5, 0.6) is 17.2 Å². The number of benzene rings is 3. The molecule has 0 aliphatic carbocycles. The number of hydrogen-bond acceptors (Lipinski definition) is 4. The van der Waals surface area contributed by atoms with Crippen molar-refractivity contribution in [1.29, 1.82) is 0 Å². The van der Waals surface area contributed by atoms with Crippen LogP contribution in [-0.4, -0.2) is 23.9 Å². The number of rotatable bonds is 5. The molecule has 4 aromatic rings. The van der Waals surface area contributed by atoms with Gasteiger partial charge in [-0.1, -0.05) is 60.7 Å². The van der Waals surface area contributed by atoms with Crippen LogP contribution in [0.15, 0.2) is 77.6 Å². The van der Waals surface area contributed by atoms with Crippen LogP contribution < -0.4 is 15.0 Å². The van der Waals surface area contributed by atoms with Crippen molar-refractivity contribution in [3.05, 3.63) is 99.8 Å². The van der Waals surface area contributed by atoms with Gasteiger partial charge in [0.1, 0.15) is 5.75 Å². The lowest BCUT2D eigenvalue weighted by molar-refractivity contribution is 0.354. The third kappa shape index (κ3) is 3.55. The van der Waals surface area contributed by atoms with Crippen LogP contribution >= 0.6 is 0 Å². The van der Waals surface area contributed by atoms with Gasteiger partial charge < -0.3 is 19.1 Å². The summed E-state index contributed by atoms with van der Waals surface area (Å²) in [4.78, 5) is 13.7. The molecule has 5 heteroatoms. The minimum Gasteiger partial charge on any atom is -0.507 e. The number of methoxy groups -OCH3 is 2. The first-order valence-electron chi connectivity index (χ1n) is 11.0. The van der Waals surface area contributed by atoms with Gasteiger partial charge in [-0.05, 0) is 35.2 Å². The Morgan fingerprint density at radius 1 is 0.909 bits per heavy atom. The standard InChI is InChI=1S/C28H25NO4/c1-32-23-16-20-13-14-29-26(21(20)17-24(23)33-2)25(19-11-7-4-8-12-19)27(30)22(28(29)31)15-18-9-5-3-6-10-18/h3-12,16-17,30H,13-15H2,1-2H3. The number of hydrogen-bond donors (Lipinski definition) is 1. The Hall–Kier alpha value is -3.99. The molecule has 1 N–H and O–H groups in total. The van der Waals surface area contributed by atoms with Crippen LogP contribution in [-0.2, 0) is 19.4 Å². The summed E-state index contributed by atoms with van der Waals surface area (Å²) in [5, 5.41) is 11.5. The lowest BCUT2D eigenvalue weighted by atomic mass is 9.88. The predicted molar refractivity (Wildman–Crippen MR) is 129 cm³/mol. The minimum absolute atomic E-state index is 0.0314. The van der Waals surface area contributed by atoms with E-state index in [1.165, 1.54) is 0 Å². The normalized spacial score (nSPS) is 12.1. The Morgan fingerprint density at radius 3 is 2.21 bits per heavy atom. The molecule has 0 saturated heterocycles. The second-order valence-electron chi connectivity index (χ2n) is 8.15. The number of pyridine rings is 1. The molecule has 0 atom stereocenters. The molecule has 5 nitrogen and oxygen atoms in total. The minimum atomic E-state index is -0.161. The van der Waals surface area contributed by atoms with E-state index < -0.39 is 0 Å². The molecule has 1 aliphatic heterocycles. The van der Waals surface area contributed by atoms with Gasteiger partial charge in [-0.3, -0.25) is 4.79 Å². The molecule has 3 aromatic carbocycles. The zero-order valence-electron chi connectivity index (χ0n) is 18.7. The first-order chi connectivity index (χ1) is 16.1. The van der Waals surface area contributed by atoms with E-state index >= 15 is 0 Å². The maximum atomic E-state index is 13.7. The fourth-order valence-electron chi connectivity index (χ4n) is 4.68. The third-order valence-electron chi connectivity index (χ3n) is 6.29. The van der Waals surface area contributed by atoms with Gasteiger partial charge in [0.2, 0.25) is 0 Å². The summed E-state index contributed by atoms with van der Waals surface area (Å²) in [6, 6.07) is 23.4. The highest BCUT2D eigenvalue weighted by atomic mass is 16.5. The molecule has 0 spiro atoms. The molecule has 0 saturated carbocycles. The topological polar surface area (TPSA) is 60.7 Å². The number of aryl methyl sites for hydroxylation is 1. The summed E-state index contributed by atoms with van der Waals surface area (Å²) in [5.74, 6) is 1.27. The van der Waals surface area contributed by atoms with Gasteiger partial charge in [0.15, 0.2) is 11.5 Å². The van der Waals surface area contributed by atoms with E-state index in [1.54, 1.807) is 18.8 Å². The van der Waals surface area contributed by atoms with Crippen LogP contribution in [0.4, 0.5) is 0 Å². The quantitative estimate of drug-likeness (QED) is 0.473. The van der Waals surface area contributed by atoms with Gasteiger partial charge in [0, 0.05) is 24.1 Å². The van der Waals surface area contributed by atoms with Crippen molar-refractivity contribution in [2.24, 2.45) is 0 Å². The van der Waals surface area contributed by atoms with Crippen molar-refractivity contribution in [1.82, 2.24) is 4.57 Å². The fraction of sp³-hybridized carbons (Fsp3) is 0.179. The van der Waals surface area contributed by atoms with Gasteiger partial charge in [-0.15, -0.1) is 0 Å². The Labute approximate surface area is 192 Å². The molecular weight excluding hydrogens is 414 g/mol. The molecule has 1 aromatic heterocycles. The van der Waals surface area contributed by atoms with Crippen LogP contribution in [0.2, 0.25) is 0 Å². The van der Waals surface area contributed by atoms with Gasteiger partial charge >= 0.3 is 0 Å². The smallest absolute Gasteiger partial charge is 0.258 e. The first kappa shape index (κ1) is 20.9. The van der Waals surface area contributed by atoms with E-state index in [2.05, 4.69) is 0 Å². The van der Waals surface area contributed by atoms with Crippen molar-refractivity contribution >= 4 is 0 Å². The highest BCUT2D eigenvalue weighted by Crippen LogP contribution is 2.45. The molecule has 1 aliphatic rings. The van der Waals surface area contributed by atoms with Crippen molar-refractivity contribution < 1.29 is 14.6 Å². The Kier molecular flexibility index (Phi) is 5.38. The number of aromatic hydroxyl groups is 1. The molecule has 0 radical (unpaired) electrons. The monoisotopic (exact) mass is 439 g/mol. The Balaban J connectivity index is 1.82. The lowest BCUT2D eigenvalue weighted by Crippen LogP contribution is -2.30. The third-order valence-corrected chi connectivity index (χ3v) is 6.29. The Bertz CT molecular complexity index is 1380. The number of fused-ring (bicyclic) bond motifs is 3. The zero-order valence-corrected chi connectivity index (χ0v) is 18.7. The zero-order chi connectivity index (χ0) is 22.9. The number of ether oxygens (including phenoxy) is 2. The first-order valence-corrected chi connectivity index (χ1v) is 11.0. The van der Waals surface area contributed by atoms with E-state index in [4.69, 9.17) is 9.47 Å². The Morgan fingerprint density at radius 2 is 1.55 bits per heavy atom. The summed E-state index contributed by atoms with van der Waals surface area (Å²) >= 11 is 0. The molecule has 2 heterocycles. The van der Waals surface area contributed by atoms with E-state index in [0.29, 0.717) is 47.7 Å². The lowest BCUT2D eigenvalue weighted by Gasteiger charge is -2.27. The van der Waals surface area contributed by atoms with Gasteiger partial charge in [-0.25, -0.2) is 0 Å². The molecular formula is C28H25NO4. The molecule has 5 rings (SSSR count). The van der Waals surface area contributed by atoms with E-state index in [9.17, 15) is 9.90 Å². The van der Waals surface area contributed by atoms with Crippen LogP contribution in [0, 0.1) is 0 Å². The van der Waals surface area contributed by atoms with Gasteiger partial charge in [-0.2, -0.15) is 0 Å². The van der Waals surface area contributed by atoms with Crippen LogP contribution in [0.3, 0.4) is 0 Å². The molecule has 0 bridgehead atoms. The second kappa shape index (κ2) is 8.51. The highest BCUT2D eigenvalue weighted by Gasteiger charge is 2.28. The summed E-state index contributed by atoms with van der Waals surface area (Å²) in [6.45, 7) is 0.526. The van der Waals surface area contributed by atoms with Crippen molar-refractivity contribution in [3.63, 3.8) is 0 Å². The van der Waals surface area contributed by atoms with E-state index in [-0.39, 0.29) is 11.3 Å². The largest absolute Gasteiger partial charge is 0.507 e. The molecule has 33 heavy (non-hydrogen) atoms. The highest BCUT2D eigenvalue weighted by molar-refractivity contribution is 5.88. The summed E-state index contributed by atoms with van der Waals surface area (Å²) in [7, 11) is 3.21. The van der Waals surface area contributed by atoms with Gasteiger partial charge in [0.25, 0.3) is 5.56 Å². The number of nitrogens with zero attached hydrogens (tertiary/aromatic N) is 1. The molecule has 0 fully saturated rings. The van der Waals surface area contributed by atoms with Crippen molar-refractivity contribution in [3.8, 4) is 39.6 Å². The fourth-order valence-corrected chi connectivity index (χ4v) is 4.68. The molecule has 166 valence electrons. The SMILES string of the molecule is COc1cc2c(cc1OC)-c1c(-c3ccccc3)c(O)c(Cc3ccccc3)c(=O)n1CC2. The second-order valence-corrected chi connectivity index (χ2v) is 8.15. The maximum absolute atomic E-state index is 13.7. The van der Waals surface area contributed by atoms with Gasteiger partial charge in [0.05, 0.1) is 25.5 Å². The van der Waals surface area contributed by atoms with Crippen molar-refractivity contribution in [2.75, 3.05) is 14.2 Å². The predicted octanol–water partition coefficient (Wildman–Crippen LogP) is 5.05. The summed E-state index contributed by atoms with van der Waals surface area (Å²) in [6.07, 6.45) is 1.05. The maximum Gasteiger partial charge on any atom is 0.258 e. The van der Waals surface area contributed by atoms with E-state index in [1.807, 2.05) is 72.8 Å². The average Bonchev–Trinajstić information content (AvgIpc) is 2.86. The van der Waals surface area contributed by atoms with Crippen LogP contribution in [0.25, 0.3) is 22.4 Å². The summed E-state index contributed by atoms with van der Waals surface area (Å²) in [5.41, 5.74) is 5.38. The number of aromatic nitrogens is 1.